The largest absolute Gasteiger partial charge is 0.483 e. The van der Waals surface area contributed by atoms with E-state index in [2.05, 4.69) is 10.5 Å². The van der Waals surface area contributed by atoms with Gasteiger partial charge in [0.05, 0.1) is 12.5 Å². The second kappa shape index (κ2) is 10.4. The van der Waals surface area contributed by atoms with Gasteiger partial charge in [0, 0.05) is 5.71 Å². The normalized spacial score (nSPS) is 12.4. The van der Waals surface area contributed by atoms with E-state index in [1.807, 2.05) is 32.0 Å². The molecule has 1 atom stereocenters. The number of nitrogens with one attached hydrogen (secondary N) is 1. The van der Waals surface area contributed by atoms with Crippen molar-refractivity contribution in [2.45, 2.75) is 40.5 Å². The van der Waals surface area contributed by atoms with Crippen LogP contribution in [0.2, 0.25) is 0 Å². The summed E-state index contributed by atoms with van der Waals surface area (Å²) in [6.07, 6.45) is 1.45. The van der Waals surface area contributed by atoms with Crippen molar-refractivity contribution in [1.29, 1.82) is 0 Å². The number of amides is 1. The molecule has 1 N–H and O–H groups in total. The van der Waals surface area contributed by atoms with Crippen LogP contribution in [0.25, 0.3) is 0 Å². The first kappa shape index (κ1) is 19.7. The zero-order valence-electron chi connectivity index (χ0n) is 14.8. The van der Waals surface area contributed by atoms with Gasteiger partial charge in [0.25, 0.3) is 5.91 Å². The second-order valence-electron chi connectivity index (χ2n) is 5.44. The molecule has 0 fully saturated rings. The Morgan fingerprint density at radius 3 is 2.58 bits per heavy atom. The summed E-state index contributed by atoms with van der Waals surface area (Å²) in [6.45, 7) is 7.54. The monoisotopic (exact) mass is 334 g/mol. The lowest BCUT2D eigenvalue weighted by atomic mass is 9.99. The average Bonchev–Trinajstić information content (AvgIpc) is 2.57. The lowest BCUT2D eigenvalue weighted by Crippen LogP contribution is -2.30. The molecule has 0 heterocycles. The van der Waals surface area contributed by atoms with Gasteiger partial charge in [0.2, 0.25) is 0 Å². The molecule has 132 valence electrons. The van der Waals surface area contributed by atoms with Crippen LogP contribution in [0.3, 0.4) is 0 Å². The minimum Gasteiger partial charge on any atom is -0.483 e. The summed E-state index contributed by atoms with van der Waals surface area (Å²) in [7, 11) is 0. The number of nitrogens with zero attached hydrogens (tertiary/aromatic N) is 1. The maximum atomic E-state index is 11.9. The van der Waals surface area contributed by atoms with E-state index >= 15 is 0 Å². The van der Waals surface area contributed by atoms with E-state index in [4.69, 9.17) is 9.47 Å². The summed E-state index contributed by atoms with van der Waals surface area (Å²) in [6, 6.07) is 7.45. The van der Waals surface area contributed by atoms with Gasteiger partial charge in [0.15, 0.2) is 6.61 Å². The number of ether oxygens (including phenoxy) is 2. The highest BCUT2D eigenvalue weighted by molar-refractivity contribution is 6.01. The number of aryl methyl sites for hydroxylation is 1. The molecule has 0 saturated heterocycles. The number of para-hydroxylation sites is 1. The molecular weight excluding hydrogens is 308 g/mol. The number of esters is 1. The fraction of sp³-hybridized carbons (Fsp3) is 0.500. The van der Waals surface area contributed by atoms with Gasteiger partial charge in [-0.05, 0) is 38.8 Å². The Hall–Kier alpha value is -2.37. The fourth-order valence-electron chi connectivity index (χ4n) is 2.15. The Kier molecular flexibility index (Phi) is 8.54. The summed E-state index contributed by atoms with van der Waals surface area (Å²) < 4.78 is 10.5. The minimum absolute atomic E-state index is 0.139. The van der Waals surface area contributed by atoms with Crippen molar-refractivity contribution in [1.82, 2.24) is 5.43 Å². The van der Waals surface area contributed by atoms with Crippen molar-refractivity contribution in [2.75, 3.05) is 13.2 Å². The summed E-state index contributed by atoms with van der Waals surface area (Å²) >= 11 is 0. The van der Waals surface area contributed by atoms with Crippen molar-refractivity contribution in [3.8, 4) is 5.75 Å². The van der Waals surface area contributed by atoms with Crippen LogP contribution in [-0.4, -0.2) is 30.8 Å². The van der Waals surface area contributed by atoms with E-state index in [-0.39, 0.29) is 18.5 Å². The molecule has 0 aromatic heterocycles. The molecule has 0 spiro atoms. The molecule has 0 aliphatic rings. The highest BCUT2D eigenvalue weighted by atomic mass is 16.5. The van der Waals surface area contributed by atoms with E-state index < -0.39 is 5.92 Å². The maximum absolute atomic E-state index is 11.9. The fourth-order valence-corrected chi connectivity index (χ4v) is 2.15. The van der Waals surface area contributed by atoms with Crippen molar-refractivity contribution in [3.63, 3.8) is 0 Å². The third kappa shape index (κ3) is 6.40. The molecule has 0 radical (unpaired) electrons. The Balaban J connectivity index is 2.57. The number of rotatable bonds is 9. The molecule has 1 aromatic rings. The van der Waals surface area contributed by atoms with Gasteiger partial charge < -0.3 is 9.47 Å². The Morgan fingerprint density at radius 2 is 1.96 bits per heavy atom. The van der Waals surface area contributed by atoms with Gasteiger partial charge >= 0.3 is 5.97 Å². The van der Waals surface area contributed by atoms with Crippen LogP contribution in [0, 0.1) is 12.8 Å². The summed E-state index contributed by atoms with van der Waals surface area (Å²) in [5, 5.41) is 4.02. The maximum Gasteiger partial charge on any atom is 0.314 e. The lowest BCUT2D eigenvalue weighted by Gasteiger charge is -2.14. The Bertz CT molecular complexity index is 584. The first-order valence-electron chi connectivity index (χ1n) is 8.17. The second-order valence-corrected chi connectivity index (χ2v) is 5.44. The quantitative estimate of drug-likeness (QED) is 0.428. The van der Waals surface area contributed by atoms with E-state index in [1.54, 1.807) is 19.9 Å². The molecule has 24 heavy (non-hydrogen) atoms. The molecule has 0 aliphatic carbocycles. The molecule has 1 amide bonds. The Labute approximate surface area is 143 Å². The lowest BCUT2D eigenvalue weighted by molar-refractivity contribution is -0.145. The van der Waals surface area contributed by atoms with Crippen molar-refractivity contribution in [3.05, 3.63) is 29.8 Å². The van der Waals surface area contributed by atoms with E-state index in [1.165, 1.54) is 0 Å². The Morgan fingerprint density at radius 1 is 1.25 bits per heavy atom. The van der Waals surface area contributed by atoms with Crippen LogP contribution in [0.1, 0.15) is 39.2 Å². The number of hydrogen-bond donors (Lipinski definition) is 1. The highest BCUT2D eigenvalue weighted by Gasteiger charge is 2.22. The third-order valence-corrected chi connectivity index (χ3v) is 3.46. The minimum atomic E-state index is -0.437. The van der Waals surface area contributed by atoms with Gasteiger partial charge in [-0.25, -0.2) is 5.43 Å². The number of hydrogen-bond acceptors (Lipinski definition) is 5. The van der Waals surface area contributed by atoms with Crippen molar-refractivity contribution < 1.29 is 19.1 Å². The molecular formula is C18H26N2O4. The molecule has 0 bridgehead atoms. The zero-order chi connectivity index (χ0) is 17.9. The van der Waals surface area contributed by atoms with Gasteiger partial charge in [0.1, 0.15) is 5.75 Å². The predicted octanol–water partition coefficient (Wildman–Crippen LogP) is 2.85. The molecule has 6 heteroatoms. The van der Waals surface area contributed by atoms with Crippen LogP contribution in [0.4, 0.5) is 0 Å². The van der Waals surface area contributed by atoms with E-state index in [0.29, 0.717) is 24.5 Å². The number of benzene rings is 1. The SMILES string of the molecule is CCC[C@@H](C(=O)OCC)/C(C)=N/NC(=O)COc1ccccc1C. The van der Waals surface area contributed by atoms with Crippen LogP contribution in [0.5, 0.6) is 5.75 Å². The average molecular weight is 334 g/mol. The van der Waals surface area contributed by atoms with E-state index in [9.17, 15) is 9.59 Å². The number of hydrazone groups is 1. The zero-order valence-corrected chi connectivity index (χ0v) is 14.8. The van der Waals surface area contributed by atoms with Gasteiger partial charge in [-0.15, -0.1) is 0 Å². The first-order chi connectivity index (χ1) is 11.5. The molecule has 0 saturated carbocycles. The topological polar surface area (TPSA) is 77.0 Å². The van der Waals surface area contributed by atoms with Crippen molar-refractivity contribution in [2.24, 2.45) is 11.0 Å². The summed E-state index contributed by atoms with van der Waals surface area (Å²) in [4.78, 5) is 23.8. The number of carbonyl (C=O) groups is 2. The van der Waals surface area contributed by atoms with Gasteiger partial charge in [-0.3, -0.25) is 9.59 Å². The number of carbonyl (C=O) groups excluding carboxylic acids is 2. The van der Waals surface area contributed by atoms with E-state index in [0.717, 1.165) is 12.0 Å². The van der Waals surface area contributed by atoms with Crippen LogP contribution in [-0.2, 0) is 14.3 Å². The predicted molar refractivity (Wildman–Crippen MR) is 93.0 cm³/mol. The summed E-state index contributed by atoms with van der Waals surface area (Å²) in [5.41, 5.74) is 3.91. The first-order valence-corrected chi connectivity index (χ1v) is 8.17. The molecule has 0 unspecified atom stereocenters. The molecule has 6 nitrogen and oxygen atoms in total. The third-order valence-electron chi connectivity index (χ3n) is 3.46. The molecule has 1 rings (SSSR count). The van der Waals surface area contributed by atoms with Gasteiger partial charge in [-0.2, -0.15) is 5.10 Å². The highest BCUT2D eigenvalue weighted by Crippen LogP contribution is 2.15. The molecule has 0 aliphatic heterocycles. The standard InChI is InChI=1S/C18H26N2O4/c1-5-9-15(18(22)23-6-2)14(4)19-20-17(21)12-24-16-11-8-7-10-13(16)3/h7-8,10-11,15H,5-6,9,12H2,1-4H3,(H,20,21)/b19-14+/t15-/m1/s1. The summed E-state index contributed by atoms with van der Waals surface area (Å²) in [5.74, 6) is -0.473. The smallest absolute Gasteiger partial charge is 0.314 e. The molecule has 1 aromatic carbocycles. The van der Waals surface area contributed by atoms with Crippen LogP contribution in [0.15, 0.2) is 29.4 Å². The van der Waals surface area contributed by atoms with Crippen molar-refractivity contribution >= 4 is 17.6 Å². The van der Waals surface area contributed by atoms with Gasteiger partial charge in [-0.1, -0.05) is 31.5 Å². The van der Waals surface area contributed by atoms with Crippen LogP contribution >= 0.6 is 0 Å². The van der Waals surface area contributed by atoms with Crippen LogP contribution < -0.4 is 10.2 Å².